The molecule has 0 unspecified atom stereocenters. The molecule has 1 aliphatic rings. The Hall–Kier alpha value is -0.440. The van der Waals surface area contributed by atoms with Crippen molar-refractivity contribution in [2.75, 3.05) is 13.7 Å². The van der Waals surface area contributed by atoms with Crippen molar-refractivity contribution in [1.29, 1.82) is 0 Å². The lowest BCUT2D eigenvalue weighted by Gasteiger charge is -2.06. The van der Waals surface area contributed by atoms with E-state index in [2.05, 4.69) is 5.32 Å². The molecule has 4 heteroatoms. The van der Waals surface area contributed by atoms with Crippen molar-refractivity contribution in [3.05, 3.63) is 27.7 Å². The van der Waals surface area contributed by atoms with Crippen LogP contribution in [0.25, 0.3) is 0 Å². The smallest absolute Gasteiger partial charge is 0.125 e. The second kappa shape index (κ2) is 3.37. The number of hydrogen-bond donors (Lipinski definition) is 1. The Labute approximate surface area is 86.8 Å². The average molecular weight is 218 g/mol. The molecule has 1 aliphatic heterocycles. The van der Waals surface area contributed by atoms with Crippen LogP contribution < -0.4 is 10.1 Å². The van der Waals surface area contributed by atoms with Gasteiger partial charge in [-0.25, -0.2) is 0 Å². The zero-order valence-electron chi connectivity index (χ0n) is 7.10. The lowest BCUT2D eigenvalue weighted by atomic mass is 10.1. The lowest BCUT2D eigenvalue weighted by molar-refractivity contribution is 0.318. The number of hydrogen-bond acceptors (Lipinski definition) is 2. The van der Waals surface area contributed by atoms with E-state index in [1.54, 1.807) is 6.07 Å². The highest BCUT2D eigenvalue weighted by Crippen LogP contribution is 2.37. The highest BCUT2D eigenvalue weighted by Gasteiger charge is 2.23. The summed E-state index contributed by atoms with van der Waals surface area (Å²) in [6.45, 7) is 0.641. The van der Waals surface area contributed by atoms with E-state index in [0.717, 1.165) is 11.3 Å². The van der Waals surface area contributed by atoms with E-state index in [1.165, 1.54) is 0 Å². The fourth-order valence-electron chi connectivity index (χ4n) is 1.44. The average Bonchev–Trinajstić information content (AvgIpc) is 2.48. The second-order valence-electron chi connectivity index (χ2n) is 2.96. The molecule has 1 atom stereocenters. The zero-order chi connectivity index (χ0) is 9.42. The molecule has 0 aliphatic carbocycles. The zero-order valence-corrected chi connectivity index (χ0v) is 8.62. The monoisotopic (exact) mass is 217 g/mol. The normalized spacial score (nSPS) is 19.8. The van der Waals surface area contributed by atoms with E-state index >= 15 is 0 Å². The third-order valence-corrected chi connectivity index (χ3v) is 2.90. The quantitative estimate of drug-likeness (QED) is 0.782. The molecule has 1 aromatic rings. The number of fused-ring (bicyclic) bond motifs is 1. The Kier molecular flexibility index (Phi) is 2.37. The van der Waals surface area contributed by atoms with Crippen molar-refractivity contribution in [1.82, 2.24) is 5.32 Å². The fourth-order valence-corrected chi connectivity index (χ4v) is 1.77. The van der Waals surface area contributed by atoms with Crippen LogP contribution in [0.1, 0.15) is 11.6 Å². The Bertz CT molecular complexity index is 341. The summed E-state index contributed by atoms with van der Waals surface area (Å²) in [6.07, 6.45) is 0. The number of nitrogens with one attached hydrogen (secondary N) is 1. The summed E-state index contributed by atoms with van der Waals surface area (Å²) in [5.74, 6) is 0.828. The molecule has 13 heavy (non-hydrogen) atoms. The van der Waals surface area contributed by atoms with Crippen molar-refractivity contribution < 1.29 is 4.74 Å². The Morgan fingerprint density at radius 2 is 2.08 bits per heavy atom. The molecule has 0 saturated carbocycles. The number of halogens is 2. The standard InChI is InChI=1S/C9H9Cl2NO/c1-12-8-4-13-9-3-7(11)6(10)2-5(8)9/h2-3,8,12H,4H2,1H3/t8-/m0/s1. The summed E-state index contributed by atoms with van der Waals surface area (Å²) in [4.78, 5) is 0. The lowest BCUT2D eigenvalue weighted by Crippen LogP contribution is -2.17. The van der Waals surface area contributed by atoms with Crippen molar-refractivity contribution in [2.24, 2.45) is 0 Å². The minimum Gasteiger partial charge on any atom is -0.491 e. The third-order valence-electron chi connectivity index (χ3n) is 2.18. The molecule has 70 valence electrons. The molecular weight excluding hydrogens is 209 g/mol. The van der Waals surface area contributed by atoms with Gasteiger partial charge in [-0.2, -0.15) is 0 Å². The van der Waals surface area contributed by atoms with E-state index in [9.17, 15) is 0 Å². The van der Waals surface area contributed by atoms with Crippen LogP contribution in [0.15, 0.2) is 12.1 Å². The topological polar surface area (TPSA) is 21.3 Å². The van der Waals surface area contributed by atoms with Gasteiger partial charge in [0.2, 0.25) is 0 Å². The highest BCUT2D eigenvalue weighted by molar-refractivity contribution is 6.42. The van der Waals surface area contributed by atoms with E-state index in [-0.39, 0.29) is 6.04 Å². The van der Waals surface area contributed by atoms with Gasteiger partial charge in [-0.05, 0) is 13.1 Å². The molecule has 2 rings (SSSR count). The van der Waals surface area contributed by atoms with E-state index in [4.69, 9.17) is 27.9 Å². The van der Waals surface area contributed by atoms with Gasteiger partial charge in [-0.1, -0.05) is 23.2 Å². The van der Waals surface area contributed by atoms with Crippen LogP contribution >= 0.6 is 23.2 Å². The minimum atomic E-state index is 0.227. The van der Waals surface area contributed by atoms with Crippen LogP contribution in [0.4, 0.5) is 0 Å². The van der Waals surface area contributed by atoms with Crippen LogP contribution in [-0.4, -0.2) is 13.7 Å². The van der Waals surface area contributed by atoms with Gasteiger partial charge in [0.1, 0.15) is 12.4 Å². The maximum atomic E-state index is 5.90. The predicted octanol–water partition coefficient (Wildman–Crippen LogP) is 2.65. The number of benzene rings is 1. The molecule has 0 spiro atoms. The van der Waals surface area contributed by atoms with E-state index < -0.39 is 0 Å². The van der Waals surface area contributed by atoms with E-state index in [1.807, 2.05) is 13.1 Å². The maximum absolute atomic E-state index is 5.90. The predicted molar refractivity (Wildman–Crippen MR) is 53.8 cm³/mol. The van der Waals surface area contributed by atoms with Gasteiger partial charge in [0, 0.05) is 11.6 Å². The summed E-state index contributed by atoms with van der Waals surface area (Å²) in [6, 6.07) is 3.84. The Morgan fingerprint density at radius 3 is 2.77 bits per heavy atom. The first kappa shape index (κ1) is 9.13. The molecule has 0 bridgehead atoms. The molecule has 1 heterocycles. The molecule has 1 N–H and O–H groups in total. The largest absolute Gasteiger partial charge is 0.491 e. The molecule has 2 nitrogen and oxygen atoms in total. The summed E-state index contributed by atoms with van der Waals surface area (Å²) < 4.78 is 5.43. The number of ether oxygens (including phenoxy) is 1. The molecule has 1 aromatic carbocycles. The van der Waals surface area contributed by atoms with Crippen LogP contribution in [0.2, 0.25) is 10.0 Å². The van der Waals surface area contributed by atoms with Crippen molar-refractivity contribution >= 4 is 23.2 Å². The molecule has 0 radical (unpaired) electrons. The fraction of sp³-hybridized carbons (Fsp3) is 0.333. The first-order valence-electron chi connectivity index (χ1n) is 4.01. The van der Waals surface area contributed by atoms with Crippen molar-refractivity contribution in [3.8, 4) is 5.75 Å². The van der Waals surface area contributed by atoms with Gasteiger partial charge in [-0.3, -0.25) is 0 Å². The summed E-state index contributed by atoms with van der Waals surface area (Å²) in [5.41, 5.74) is 1.08. The van der Waals surface area contributed by atoms with E-state index in [0.29, 0.717) is 16.7 Å². The highest BCUT2D eigenvalue weighted by atomic mass is 35.5. The van der Waals surface area contributed by atoms with Crippen LogP contribution in [0.5, 0.6) is 5.75 Å². The van der Waals surface area contributed by atoms with Gasteiger partial charge >= 0.3 is 0 Å². The molecule has 0 saturated heterocycles. The van der Waals surface area contributed by atoms with Crippen LogP contribution in [0.3, 0.4) is 0 Å². The Morgan fingerprint density at radius 1 is 1.38 bits per heavy atom. The van der Waals surface area contributed by atoms with Crippen LogP contribution in [0, 0.1) is 0 Å². The molecule has 0 amide bonds. The summed E-state index contributed by atoms with van der Waals surface area (Å²) in [5, 5.41) is 4.25. The Balaban J connectivity index is 2.47. The third kappa shape index (κ3) is 1.50. The first-order chi connectivity index (χ1) is 6.22. The van der Waals surface area contributed by atoms with Gasteiger partial charge in [0.25, 0.3) is 0 Å². The molecular formula is C9H9Cl2NO. The summed E-state index contributed by atoms with van der Waals surface area (Å²) >= 11 is 11.8. The SMILES string of the molecule is CN[C@H]1COc2cc(Cl)c(Cl)cc21. The molecule has 0 fully saturated rings. The van der Waals surface area contributed by atoms with Crippen molar-refractivity contribution in [3.63, 3.8) is 0 Å². The minimum absolute atomic E-state index is 0.227. The molecule has 0 aromatic heterocycles. The first-order valence-corrected chi connectivity index (χ1v) is 4.77. The van der Waals surface area contributed by atoms with Crippen molar-refractivity contribution in [2.45, 2.75) is 6.04 Å². The number of likely N-dealkylation sites (N-methyl/N-ethyl adjacent to an activating group) is 1. The number of rotatable bonds is 1. The summed E-state index contributed by atoms with van der Waals surface area (Å²) in [7, 11) is 1.89. The second-order valence-corrected chi connectivity index (χ2v) is 3.77. The maximum Gasteiger partial charge on any atom is 0.125 e. The van der Waals surface area contributed by atoms with Gasteiger partial charge in [0.05, 0.1) is 16.1 Å². The van der Waals surface area contributed by atoms with Gasteiger partial charge < -0.3 is 10.1 Å². The van der Waals surface area contributed by atoms with Crippen LogP contribution in [-0.2, 0) is 0 Å². The van der Waals surface area contributed by atoms with Gasteiger partial charge in [0.15, 0.2) is 0 Å². The van der Waals surface area contributed by atoms with Gasteiger partial charge in [-0.15, -0.1) is 0 Å².